The molecule has 0 N–H and O–H groups in total. The van der Waals surface area contributed by atoms with Crippen LogP contribution >= 0.6 is 11.8 Å². The lowest BCUT2D eigenvalue weighted by molar-refractivity contribution is -0.138. The van der Waals surface area contributed by atoms with Crippen LogP contribution in [-0.4, -0.2) is 74.0 Å². The number of nitrogens with zero attached hydrogens (tertiary/aromatic N) is 3. The van der Waals surface area contributed by atoms with E-state index in [9.17, 15) is 9.59 Å². The third kappa shape index (κ3) is 5.08. The van der Waals surface area contributed by atoms with Crippen LogP contribution in [-0.2, 0) is 19.1 Å². The molecule has 0 aromatic heterocycles. The molecule has 35 heavy (non-hydrogen) atoms. The van der Waals surface area contributed by atoms with Gasteiger partial charge in [-0.25, -0.2) is 9.79 Å². The summed E-state index contributed by atoms with van der Waals surface area (Å²) in [5, 5.41) is 2.60. The Labute approximate surface area is 209 Å². The lowest BCUT2D eigenvalue weighted by Gasteiger charge is -2.37. The van der Waals surface area contributed by atoms with E-state index in [1.165, 1.54) is 17.8 Å². The van der Waals surface area contributed by atoms with Crippen molar-refractivity contribution >= 4 is 28.8 Å². The van der Waals surface area contributed by atoms with Crippen LogP contribution in [0.15, 0.2) is 58.2 Å². The zero-order chi connectivity index (χ0) is 24.9. The maximum atomic E-state index is 13.3. The number of morpholine rings is 1. The second-order valence-electron chi connectivity index (χ2n) is 8.06. The second-order valence-corrected chi connectivity index (χ2v) is 8.89. The number of allylic oxidation sites excluding steroid dienone is 1. The molecule has 1 aromatic carbocycles. The number of rotatable bonds is 8. The van der Waals surface area contributed by atoms with Crippen LogP contribution in [0.2, 0.25) is 0 Å². The van der Waals surface area contributed by atoms with Crippen molar-refractivity contribution in [1.29, 1.82) is 0 Å². The standard InChI is InChI=1S/C25H29N3O6S/c1-5-10-34-24(30)22-16(2)26-25-28(23(22)19-14-18(31-3)6-7-20(19)32-4)17(15-35-25)13-21(29)27-8-11-33-12-9-27/h5-7,14-15,23H,1,8-13H2,2-4H3. The molecule has 186 valence electrons. The molecule has 0 radical (unpaired) electrons. The van der Waals surface area contributed by atoms with E-state index in [-0.39, 0.29) is 18.9 Å². The van der Waals surface area contributed by atoms with Crippen molar-refractivity contribution < 1.29 is 28.5 Å². The molecule has 9 nitrogen and oxygen atoms in total. The summed E-state index contributed by atoms with van der Waals surface area (Å²) >= 11 is 1.42. The Balaban J connectivity index is 1.76. The van der Waals surface area contributed by atoms with E-state index in [2.05, 4.69) is 11.6 Å². The predicted octanol–water partition coefficient (Wildman–Crippen LogP) is 3.26. The van der Waals surface area contributed by atoms with Crippen molar-refractivity contribution in [2.45, 2.75) is 19.4 Å². The van der Waals surface area contributed by atoms with Gasteiger partial charge < -0.3 is 28.7 Å². The van der Waals surface area contributed by atoms with Crippen molar-refractivity contribution in [1.82, 2.24) is 9.80 Å². The van der Waals surface area contributed by atoms with E-state index in [0.717, 1.165) is 5.70 Å². The fraction of sp³-hybridized carbons (Fsp3) is 0.400. The topological polar surface area (TPSA) is 89.9 Å². The van der Waals surface area contributed by atoms with E-state index in [4.69, 9.17) is 18.9 Å². The van der Waals surface area contributed by atoms with Crippen LogP contribution in [0.3, 0.4) is 0 Å². The van der Waals surface area contributed by atoms with Crippen LogP contribution in [0, 0.1) is 0 Å². The van der Waals surface area contributed by atoms with Crippen LogP contribution < -0.4 is 9.47 Å². The molecule has 0 spiro atoms. The molecule has 10 heteroatoms. The van der Waals surface area contributed by atoms with Gasteiger partial charge >= 0.3 is 5.97 Å². The average molecular weight is 500 g/mol. The van der Waals surface area contributed by atoms with Gasteiger partial charge in [0.25, 0.3) is 0 Å². The molecular formula is C25H29N3O6S. The summed E-state index contributed by atoms with van der Waals surface area (Å²) < 4.78 is 22.0. The Morgan fingerprint density at radius 1 is 1.26 bits per heavy atom. The molecule has 1 atom stereocenters. The summed E-state index contributed by atoms with van der Waals surface area (Å²) in [7, 11) is 3.16. The highest BCUT2D eigenvalue weighted by atomic mass is 32.2. The van der Waals surface area contributed by atoms with E-state index in [0.29, 0.717) is 59.8 Å². The molecule has 1 unspecified atom stereocenters. The molecule has 3 heterocycles. The number of aliphatic imine (C=N–C) groups is 1. The Morgan fingerprint density at radius 3 is 2.71 bits per heavy atom. The molecule has 1 aromatic rings. The summed E-state index contributed by atoms with van der Waals surface area (Å²) in [5.41, 5.74) is 2.37. The van der Waals surface area contributed by atoms with Gasteiger partial charge in [0.05, 0.1) is 51.2 Å². The number of benzene rings is 1. The zero-order valence-electron chi connectivity index (χ0n) is 20.1. The van der Waals surface area contributed by atoms with Crippen LogP contribution in [0.25, 0.3) is 0 Å². The van der Waals surface area contributed by atoms with Crippen molar-refractivity contribution in [3.8, 4) is 11.5 Å². The summed E-state index contributed by atoms with van der Waals surface area (Å²) in [6, 6.07) is 4.81. The minimum atomic E-state index is -0.622. The molecule has 0 aliphatic carbocycles. The van der Waals surface area contributed by atoms with Gasteiger partial charge in [0, 0.05) is 24.4 Å². The minimum absolute atomic E-state index is 0.000170. The largest absolute Gasteiger partial charge is 0.497 e. The Morgan fingerprint density at radius 2 is 2.03 bits per heavy atom. The monoisotopic (exact) mass is 499 g/mol. The number of amidine groups is 1. The van der Waals surface area contributed by atoms with Crippen molar-refractivity contribution in [2.75, 3.05) is 47.1 Å². The minimum Gasteiger partial charge on any atom is -0.497 e. The van der Waals surface area contributed by atoms with Crippen LogP contribution in [0.4, 0.5) is 0 Å². The van der Waals surface area contributed by atoms with Gasteiger partial charge in [0.15, 0.2) is 5.17 Å². The first-order chi connectivity index (χ1) is 17.0. The molecule has 1 saturated heterocycles. The van der Waals surface area contributed by atoms with Crippen molar-refractivity contribution in [3.05, 3.63) is 58.8 Å². The fourth-order valence-electron chi connectivity index (χ4n) is 4.27. The number of esters is 1. The summed E-state index contributed by atoms with van der Waals surface area (Å²) in [4.78, 5) is 34.8. The number of thioether (sulfide) groups is 1. The summed E-state index contributed by atoms with van der Waals surface area (Å²) in [5.74, 6) is 0.688. The zero-order valence-corrected chi connectivity index (χ0v) is 20.9. The Hall–Kier alpha value is -3.24. The van der Waals surface area contributed by atoms with E-state index >= 15 is 0 Å². The summed E-state index contributed by atoms with van der Waals surface area (Å²) in [6.07, 6.45) is 1.69. The van der Waals surface area contributed by atoms with Gasteiger partial charge in [-0.2, -0.15) is 0 Å². The molecule has 1 fully saturated rings. The van der Waals surface area contributed by atoms with Gasteiger partial charge in [-0.05, 0) is 30.5 Å². The van der Waals surface area contributed by atoms with Crippen LogP contribution in [0.5, 0.6) is 11.5 Å². The van der Waals surface area contributed by atoms with Crippen LogP contribution in [0.1, 0.15) is 24.9 Å². The number of ether oxygens (including phenoxy) is 4. The highest BCUT2D eigenvalue weighted by molar-refractivity contribution is 8.16. The predicted molar refractivity (Wildman–Crippen MR) is 133 cm³/mol. The maximum Gasteiger partial charge on any atom is 0.338 e. The molecule has 0 bridgehead atoms. The molecule has 1 amide bonds. The average Bonchev–Trinajstić information content (AvgIpc) is 3.28. The first-order valence-corrected chi connectivity index (χ1v) is 12.2. The number of hydrogen-bond acceptors (Lipinski definition) is 9. The second kappa shape index (κ2) is 11.0. The van der Waals surface area contributed by atoms with E-state index in [1.807, 2.05) is 16.4 Å². The normalized spacial score (nSPS) is 19.6. The molecule has 0 saturated carbocycles. The third-order valence-electron chi connectivity index (χ3n) is 5.98. The van der Waals surface area contributed by atoms with E-state index in [1.54, 1.807) is 38.2 Å². The highest BCUT2D eigenvalue weighted by Crippen LogP contribution is 2.47. The first kappa shape index (κ1) is 24.9. The van der Waals surface area contributed by atoms with Gasteiger partial charge in [0.1, 0.15) is 18.1 Å². The molecule has 3 aliphatic heterocycles. The molecule has 4 rings (SSSR count). The quantitative estimate of drug-likeness (QED) is 0.398. The first-order valence-electron chi connectivity index (χ1n) is 11.3. The van der Waals surface area contributed by atoms with Crippen molar-refractivity contribution in [2.24, 2.45) is 4.99 Å². The lowest BCUT2D eigenvalue weighted by atomic mass is 9.92. The Bertz CT molecular complexity index is 1110. The van der Waals surface area contributed by atoms with Gasteiger partial charge in [-0.15, -0.1) is 0 Å². The number of hydrogen-bond donors (Lipinski definition) is 0. The number of fused-ring (bicyclic) bond motifs is 1. The number of methoxy groups -OCH3 is 2. The highest BCUT2D eigenvalue weighted by Gasteiger charge is 2.42. The van der Waals surface area contributed by atoms with Gasteiger partial charge in [0.2, 0.25) is 5.91 Å². The lowest BCUT2D eigenvalue weighted by Crippen LogP contribution is -2.42. The molecular weight excluding hydrogens is 470 g/mol. The number of carbonyl (C=O) groups is 2. The van der Waals surface area contributed by atoms with Crippen molar-refractivity contribution in [3.63, 3.8) is 0 Å². The number of amides is 1. The SMILES string of the molecule is C=CCOC(=O)C1=C(C)N=C2SC=C(CC(=O)N3CCOCC3)N2C1c1cc(OC)ccc1OC. The van der Waals surface area contributed by atoms with Gasteiger partial charge in [-0.3, -0.25) is 4.79 Å². The Kier molecular flexibility index (Phi) is 7.82. The van der Waals surface area contributed by atoms with E-state index < -0.39 is 12.0 Å². The van der Waals surface area contributed by atoms with Gasteiger partial charge in [-0.1, -0.05) is 24.4 Å². The maximum absolute atomic E-state index is 13.3. The summed E-state index contributed by atoms with van der Waals surface area (Å²) in [6.45, 7) is 7.67. The number of carbonyl (C=O) groups excluding carboxylic acids is 2. The molecule has 3 aliphatic rings. The third-order valence-corrected chi connectivity index (χ3v) is 6.87. The smallest absolute Gasteiger partial charge is 0.338 e. The fourth-order valence-corrected chi connectivity index (χ4v) is 5.23.